The van der Waals surface area contributed by atoms with Gasteiger partial charge in [0.2, 0.25) is 0 Å². The number of benzene rings is 1. The highest BCUT2D eigenvalue weighted by atomic mass is 32.2. The van der Waals surface area contributed by atoms with Gasteiger partial charge in [0.05, 0.1) is 17.3 Å². The second-order valence-corrected chi connectivity index (χ2v) is 11.8. The van der Waals surface area contributed by atoms with Crippen molar-refractivity contribution >= 4 is 9.84 Å². The molecule has 0 N–H and O–H groups in total. The number of rotatable bonds is 10. The predicted molar refractivity (Wildman–Crippen MR) is 111 cm³/mol. The van der Waals surface area contributed by atoms with Gasteiger partial charge in [0.15, 0.2) is 21.4 Å². The summed E-state index contributed by atoms with van der Waals surface area (Å²) in [7, 11) is -3.48. The number of hydrogen-bond donors (Lipinski definition) is 0. The SMILES string of the molecule is CC(C)(C)CCC/C=C/C1(CS(=O)(=O)c2ccc(F)c(OCC3CC3)c2)CC1. The van der Waals surface area contributed by atoms with Crippen LogP contribution in [0.5, 0.6) is 5.75 Å². The Bertz CT molecular complexity index is 813. The van der Waals surface area contributed by atoms with Crippen molar-refractivity contribution in [3.63, 3.8) is 0 Å². The van der Waals surface area contributed by atoms with E-state index in [4.69, 9.17) is 4.74 Å². The molecule has 0 saturated heterocycles. The van der Waals surface area contributed by atoms with Gasteiger partial charge in [-0.3, -0.25) is 0 Å². The molecule has 3 nitrogen and oxygen atoms in total. The fourth-order valence-electron chi connectivity index (χ4n) is 3.34. The maximum absolute atomic E-state index is 14.0. The van der Waals surface area contributed by atoms with E-state index < -0.39 is 15.7 Å². The Kier molecular flexibility index (Phi) is 6.23. The van der Waals surface area contributed by atoms with E-state index in [-0.39, 0.29) is 21.8 Å². The Morgan fingerprint density at radius 1 is 1.25 bits per heavy atom. The summed E-state index contributed by atoms with van der Waals surface area (Å²) in [6.45, 7) is 7.16. The Morgan fingerprint density at radius 3 is 2.57 bits per heavy atom. The van der Waals surface area contributed by atoms with Crippen LogP contribution in [0.1, 0.15) is 65.7 Å². The van der Waals surface area contributed by atoms with Gasteiger partial charge >= 0.3 is 0 Å². The number of sulfone groups is 1. The van der Waals surface area contributed by atoms with Gasteiger partial charge in [-0.1, -0.05) is 32.9 Å². The second kappa shape index (κ2) is 8.17. The third-order valence-corrected chi connectivity index (χ3v) is 7.50. The van der Waals surface area contributed by atoms with E-state index in [9.17, 15) is 12.8 Å². The van der Waals surface area contributed by atoms with Gasteiger partial charge in [-0.15, -0.1) is 0 Å². The second-order valence-electron chi connectivity index (χ2n) is 9.82. The quantitative estimate of drug-likeness (QED) is 0.273. The third-order valence-electron chi connectivity index (χ3n) is 5.57. The van der Waals surface area contributed by atoms with Crippen LogP contribution < -0.4 is 4.74 Å². The summed E-state index contributed by atoms with van der Waals surface area (Å²) in [6.07, 6.45) is 11.5. The number of unbranched alkanes of at least 4 members (excludes halogenated alkanes) is 1. The lowest BCUT2D eigenvalue weighted by molar-refractivity contribution is 0.284. The van der Waals surface area contributed by atoms with E-state index in [1.165, 1.54) is 18.2 Å². The molecule has 0 bridgehead atoms. The van der Waals surface area contributed by atoms with Crippen molar-refractivity contribution in [1.82, 2.24) is 0 Å². The maximum Gasteiger partial charge on any atom is 0.179 e. The lowest BCUT2D eigenvalue weighted by atomic mass is 9.90. The van der Waals surface area contributed by atoms with Crippen LogP contribution in [0.25, 0.3) is 0 Å². The van der Waals surface area contributed by atoms with Crippen molar-refractivity contribution < 1.29 is 17.5 Å². The minimum Gasteiger partial charge on any atom is -0.490 e. The first-order valence-corrected chi connectivity index (χ1v) is 12.1. The third kappa shape index (κ3) is 6.33. The van der Waals surface area contributed by atoms with Crippen molar-refractivity contribution in [3.05, 3.63) is 36.2 Å². The lowest BCUT2D eigenvalue weighted by Crippen LogP contribution is -2.16. The zero-order chi connectivity index (χ0) is 20.4. The largest absolute Gasteiger partial charge is 0.490 e. The molecular formula is C23H33FO3S. The van der Waals surface area contributed by atoms with Crippen molar-refractivity contribution in [2.45, 2.75) is 70.6 Å². The van der Waals surface area contributed by atoms with E-state index in [1.54, 1.807) is 0 Å². The predicted octanol–water partition coefficient (Wildman–Crippen LogP) is 5.94. The molecule has 3 rings (SSSR count). The van der Waals surface area contributed by atoms with Crippen LogP contribution in [-0.4, -0.2) is 20.8 Å². The van der Waals surface area contributed by atoms with Gasteiger partial charge < -0.3 is 4.74 Å². The molecule has 1 aromatic rings. The first-order chi connectivity index (χ1) is 13.1. The summed E-state index contributed by atoms with van der Waals surface area (Å²) in [5, 5.41) is 0. The van der Waals surface area contributed by atoms with Crippen LogP contribution in [0.3, 0.4) is 0 Å². The highest BCUT2D eigenvalue weighted by Crippen LogP contribution is 2.49. The van der Waals surface area contributed by atoms with E-state index in [0.717, 1.165) is 44.9 Å². The molecule has 2 aliphatic carbocycles. The summed E-state index contributed by atoms with van der Waals surface area (Å²) in [6, 6.07) is 3.92. The van der Waals surface area contributed by atoms with Gasteiger partial charge in [-0.05, 0) is 68.4 Å². The molecule has 0 atom stereocenters. The highest BCUT2D eigenvalue weighted by molar-refractivity contribution is 7.91. The summed E-state index contributed by atoms with van der Waals surface area (Å²) in [4.78, 5) is 0.159. The van der Waals surface area contributed by atoms with Crippen LogP contribution in [0.15, 0.2) is 35.2 Å². The van der Waals surface area contributed by atoms with E-state index in [2.05, 4.69) is 32.9 Å². The summed E-state index contributed by atoms with van der Waals surface area (Å²) in [5.41, 5.74) is 0.0836. The van der Waals surface area contributed by atoms with Crippen LogP contribution in [-0.2, 0) is 9.84 Å². The fraction of sp³-hybridized carbons (Fsp3) is 0.652. The Balaban J connectivity index is 1.60. The molecule has 0 aliphatic heterocycles. The minimum absolute atomic E-state index is 0.0514. The molecule has 2 aliphatic rings. The first kappa shape index (κ1) is 21.4. The van der Waals surface area contributed by atoms with E-state index >= 15 is 0 Å². The van der Waals surface area contributed by atoms with Crippen LogP contribution in [0, 0.1) is 22.6 Å². The zero-order valence-electron chi connectivity index (χ0n) is 17.3. The fourth-order valence-corrected chi connectivity index (χ4v) is 5.22. The van der Waals surface area contributed by atoms with Crippen molar-refractivity contribution in [1.29, 1.82) is 0 Å². The molecule has 0 heterocycles. The smallest absolute Gasteiger partial charge is 0.179 e. The molecule has 2 fully saturated rings. The van der Waals surface area contributed by atoms with Gasteiger partial charge in [0.25, 0.3) is 0 Å². The Morgan fingerprint density at radius 2 is 1.96 bits per heavy atom. The average molecular weight is 409 g/mol. The number of allylic oxidation sites excluding steroid dienone is 2. The topological polar surface area (TPSA) is 43.4 Å². The first-order valence-electron chi connectivity index (χ1n) is 10.4. The molecule has 1 aromatic carbocycles. The van der Waals surface area contributed by atoms with Crippen molar-refractivity contribution in [2.75, 3.05) is 12.4 Å². The average Bonchev–Trinajstić information content (AvgIpc) is 3.50. The van der Waals surface area contributed by atoms with Gasteiger partial charge in [0.1, 0.15) is 0 Å². The van der Waals surface area contributed by atoms with Crippen molar-refractivity contribution in [3.8, 4) is 5.75 Å². The number of ether oxygens (including phenoxy) is 1. The minimum atomic E-state index is -3.48. The Hall–Kier alpha value is -1.36. The molecule has 156 valence electrons. The van der Waals surface area contributed by atoms with Crippen LogP contribution in [0.4, 0.5) is 4.39 Å². The molecule has 0 aromatic heterocycles. The van der Waals surface area contributed by atoms with Gasteiger partial charge in [0, 0.05) is 11.5 Å². The van der Waals surface area contributed by atoms with E-state index in [0.29, 0.717) is 17.9 Å². The zero-order valence-corrected chi connectivity index (χ0v) is 18.2. The summed E-state index contributed by atoms with van der Waals surface area (Å²) in [5.74, 6) is 0.122. The van der Waals surface area contributed by atoms with Gasteiger partial charge in [-0.25, -0.2) is 12.8 Å². The summed E-state index contributed by atoms with van der Waals surface area (Å²) >= 11 is 0. The summed E-state index contributed by atoms with van der Waals surface area (Å²) < 4.78 is 45.3. The number of halogens is 1. The van der Waals surface area contributed by atoms with E-state index in [1.807, 2.05) is 0 Å². The molecule has 0 spiro atoms. The molecule has 2 saturated carbocycles. The standard InChI is InChI=1S/C23H33FO3S/c1-22(2,3)11-5-4-6-12-23(13-14-23)17-28(25,26)19-9-10-20(24)21(15-19)27-16-18-7-8-18/h6,9-10,12,15,18H,4-5,7-8,11,13-14,16-17H2,1-3H3/b12-6+. The monoisotopic (exact) mass is 408 g/mol. The molecule has 28 heavy (non-hydrogen) atoms. The molecule has 0 radical (unpaired) electrons. The number of hydrogen-bond acceptors (Lipinski definition) is 3. The normalized spacial score (nSPS) is 19.1. The molecule has 0 amide bonds. The molecule has 0 unspecified atom stereocenters. The van der Waals surface area contributed by atoms with Crippen LogP contribution in [0.2, 0.25) is 0 Å². The Labute approximate surface area is 169 Å². The van der Waals surface area contributed by atoms with Crippen LogP contribution >= 0.6 is 0 Å². The van der Waals surface area contributed by atoms with Gasteiger partial charge in [-0.2, -0.15) is 0 Å². The molecular weight excluding hydrogens is 375 g/mol. The maximum atomic E-state index is 14.0. The molecule has 5 heteroatoms. The lowest BCUT2D eigenvalue weighted by Gasteiger charge is -2.17. The highest BCUT2D eigenvalue weighted by Gasteiger charge is 2.44. The van der Waals surface area contributed by atoms with Crippen molar-refractivity contribution in [2.24, 2.45) is 16.7 Å².